The standard InChI is InChI=1S/C15H23N3O3/c1-3-7-21-14-10-16-9-13(17-14)18-6-5-11(4-2)8-12(18)15(19)20/h9-12H,3-8H2,1-2H3,(H,19,20). The molecule has 2 atom stereocenters. The number of aliphatic carboxylic acids is 1. The fourth-order valence-corrected chi connectivity index (χ4v) is 2.67. The van der Waals surface area contributed by atoms with Gasteiger partial charge in [0.2, 0.25) is 5.88 Å². The van der Waals surface area contributed by atoms with Crippen LogP contribution in [0.3, 0.4) is 0 Å². The van der Waals surface area contributed by atoms with Crippen molar-refractivity contribution in [2.24, 2.45) is 5.92 Å². The van der Waals surface area contributed by atoms with Gasteiger partial charge < -0.3 is 14.7 Å². The van der Waals surface area contributed by atoms with Crippen molar-refractivity contribution in [2.75, 3.05) is 18.1 Å². The molecule has 0 saturated carbocycles. The third-order valence-corrected chi connectivity index (χ3v) is 3.92. The second-order valence-corrected chi connectivity index (χ2v) is 5.41. The number of carboxylic acid groups (broad SMARTS) is 1. The Morgan fingerprint density at radius 1 is 1.48 bits per heavy atom. The fourth-order valence-electron chi connectivity index (χ4n) is 2.67. The predicted octanol–water partition coefficient (Wildman–Crippen LogP) is 2.34. The van der Waals surface area contributed by atoms with E-state index in [1.54, 1.807) is 12.4 Å². The molecular formula is C15H23N3O3. The fraction of sp³-hybridized carbons (Fsp3) is 0.667. The summed E-state index contributed by atoms with van der Waals surface area (Å²) in [6.07, 6.45) is 6.73. The maximum atomic E-state index is 11.5. The first-order valence-electron chi connectivity index (χ1n) is 7.60. The highest BCUT2D eigenvalue weighted by atomic mass is 16.5. The van der Waals surface area contributed by atoms with E-state index in [2.05, 4.69) is 16.9 Å². The molecule has 2 unspecified atom stereocenters. The quantitative estimate of drug-likeness (QED) is 0.867. The highest BCUT2D eigenvalue weighted by Crippen LogP contribution is 2.29. The first-order valence-corrected chi connectivity index (χ1v) is 7.60. The summed E-state index contributed by atoms with van der Waals surface area (Å²) in [6.45, 7) is 5.41. The molecule has 1 saturated heterocycles. The van der Waals surface area contributed by atoms with Crippen LogP contribution < -0.4 is 9.64 Å². The van der Waals surface area contributed by atoms with Crippen molar-refractivity contribution in [3.8, 4) is 5.88 Å². The van der Waals surface area contributed by atoms with Gasteiger partial charge in [-0.3, -0.25) is 4.98 Å². The molecule has 1 fully saturated rings. The van der Waals surface area contributed by atoms with Crippen LogP contribution in [0.4, 0.5) is 5.82 Å². The summed E-state index contributed by atoms with van der Waals surface area (Å²) >= 11 is 0. The molecule has 1 aromatic rings. The van der Waals surface area contributed by atoms with Crippen LogP contribution in [-0.2, 0) is 4.79 Å². The van der Waals surface area contributed by atoms with E-state index >= 15 is 0 Å². The summed E-state index contributed by atoms with van der Waals surface area (Å²) in [5, 5.41) is 9.47. The summed E-state index contributed by atoms with van der Waals surface area (Å²) in [5.74, 6) is 0.714. The Morgan fingerprint density at radius 2 is 2.29 bits per heavy atom. The Balaban J connectivity index is 2.16. The number of nitrogens with zero attached hydrogens (tertiary/aromatic N) is 3. The minimum Gasteiger partial charge on any atom is -0.480 e. The number of piperidine rings is 1. The summed E-state index contributed by atoms with van der Waals surface area (Å²) in [4.78, 5) is 21.9. The maximum absolute atomic E-state index is 11.5. The third-order valence-electron chi connectivity index (χ3n) is 3.92. The number of carboxylic acids is 1. The van der Waals surface area contributed by atoms with Crippen LogP contribution >= 0.6 is 0 Å². The molecule has 0 amide bonds. The zero-order valence-electron chi connectivity index (χ0n) is 12.7. The van der Waals surface area contributed by atoms with Gasteiger partial charge in [0.25, 0.3) is 0 Å². The van der Waals surface area contributed by atoms with Gasteiger partial charge in [0.15, 0.2) is 5.82 Å². The molecule has 6 nitrogen and oxygen atoms in total. The zero-order chi connectivity index (χ0) is 15.2. The van der Waals surface area contributed by atoms with Gasteiger partial charge in [0.1, 0.15) is 6.04 Å². The van der Waals surface area contributed by atoms with Gasteiger partial charge in [-0.05, 0) is 25.2 Å². The van der Waals surface area contributed by atoms with Crippen LogP contribution in [0.5, 0.6) is 5.88 Å². The van der Waals surface area contributed by atoms with Crippen LogP contribution in [0.15, 0.2) is 12.4 Å². The van der Waals surface area contributed by atoms with Gasteiger partial charge in [-0.2, -0.15) is 4.98 Å². The van der Waals surface area contributed by atoms with Crippen molar-refractivity contribution >= 4 is 11.8 Å². The smallest absolute Gasteiger partial charge is 0.326 e. The molecule has 0 aliphatic carbocycles. The maximum Gasteiger partial charge on any atom is 0.326 e. The first-order chi connectivity index (χ1) is 10.2. The van der Waals surface area contributed by atoms with Crippen LogP contribution in [0.1, 0.15) is 39.5 Å². The number of carbonyl (C=O) groups is 1. The molecule has 1 aromatic heterocycles. The van der Waals surface area contributed by atoms with Crippen LogP contribution in [0.2, 0.25) is 0 Å². The average molecular weight is 293 g/mol. The summed E-state index contributed by atoms with van der Waals surface area (Å²) in [7, 11) is 0. The number of ether oxygens (including phenoxy) is 1. The summed E-state index contributed by atoms with van der Waals surface area (Å²) in [6, 6.07) is -0.528. The molecule has 1 aliphatic rings. The lowest BCUT2D eigenvalue weighted by Gasteiger charge is -2.37. The van der Waals surface area contributed by atoms with E-state index in [9.17, 15) is 9.90 Å². The highest BCUT2D eigenvalue weighted by Gasteiger charge is 2.33. The molecule has 6 heteroatoms. The number of hydrogen-bond acceptors (Lipinski definition) is 5. The Bertz CT molecular complexity index is 481. The monoisotopic (exact) mass is 293 g/mol. The van der Waals surface area contributed by atoms with Crippen LogP contribution in [0, 0.1) is 5.92 Å². The molecule has 0 spiro atoms. The van der Waals surface area contributed by atoms with Crippen molar-refractivity contribution < 1.29 is 14.6 Å². The van der Waals surface area contributed by atoms with E-state index in [4.69, 9.17) is 4.74 Å². The van der Waals surface area contributed by atoms with Crippen molar-refractivity contribution in [3.63, 3.8) is 0 Å². The van der Waals surface area contributed by atoms with Gasteiger partial charge in [0, 0.05) is 6.54 Å². The molecule has 0 radical (unpaired) electrons. The molecule has 0 aromatic carbocycles. The zero-order valence-corrected chi connectivity index (χ0v) is 12.7. The molecule has 0 bridgehead atoms. The normalized spacial score (nSPS) is 22.1. The van der Waals surface area contributed by atoms with E-state index in [1.165, 1.54) is 0 Å². The van der Waals surface area contributed by atoms with E-state index in [1.807, 2.05) is 11.8 Å². The molecule has 116 valence electrons. The lowest BCUT2D eigenvalue weighted by atomic mass is 9.89. The lowest BCUT2D eigenvalue weighted by Crippen LogP contribution is -2.47. The number of rotatable bonds is 6. The van der Waals surface area contributed by atoms with E-state index in [0.717, 1.165) is 19.3 Å². The Labute approximate surface area is 125 Å². The molecular weight excluding hydrogens is 270 g/mol. The van der Waals surface area contributed by atoms with E-state index < -0.39 is 12.0 Å². The van der Waals surface area contributed by atoms with Crippen molar-refractivity contribution in [3.05, 3.63) is 12.4 Å². The average Bonchev–Trinajstić information content (AvgIpc) is 2.52. The largest absolute Gasteiger partial charge is 0.480 e. The second-order valence-electron chi connectivity index (χ2n) is 5.41. The van der Waals surface area contributed by atoms with Crippen molar-refractivity contribution in [1.29, 1.82) is 0 Å². The third kappa shape index (κ3) is 3.83. The number of anilines is 1. The van der Waals surface area contributed by atoms with Crippen LogP contribution in [0.25, 0.3) is 0 Å². The lowest BCUT2D eigenvalue weighted by molar-refractivity contribution is -0.139. The van der Waals surface area contributed by atoms with Gasteiger partial charge in [-0.1, -0.05) is 20.3 Å². The topological polar surface area (TPSA) is 75.5 Å². The molecule has 21 heavy (non-hydrogen) atoms. The molecule has 1 aliphatic heterocycles. The van der Waals surface area contributed by atoms with Gasteiger partial charge in [-0.15, -0.1) is 0 Å². The van der Waals surface area contributed by atoms with Gasteiger partial charge in [-0.25, -0.2) is 4.79 Å². The summed E-state index contributed by atoms with van der Waals surface area (Å²) < 4.78 is 5.48. The Kier molecular flexibility index (Phi) is 5.36. The molecule has 1 N–H and O–H groups in total. The minimum absolute atomic E-state index is 0.455. The molecule has 2 rings (SSSR count). The van der Waals surface area contributed by atoms with Crippen molar-refractivity contribution in [2.45, 2.75) is 45.6 Å². The predicted molar refractivity (Wildman–Crippen MR) is 79.6 cm³/mol. The van der Waals surface area contributed by atoms with Gasteiger partial charge in [0.05, 0.1) is 19.0 Å². The molecule has 2 heterocycles. The van der Waals surface area contributed by atoms with E-state index in [0.29, 0.717) is 37.2 Å². The second kappa shape index (κ2) is 7.24. The number of hydrogen-bond donors (Lipinski definition) is 1. The Hall–Kier alpha value is -1.85. The van der Waals surface area contributed by atoms with Crippen molar-refractivity contribution in [1.82, 2.24) is 9.97 Å². The Morgan fingerprint density at radius 3 is 2.95 bits per heavy atom. The highest BCUT2D eigenvalue weighted by molar-refractivity contribution is 5.78. The SMILES string of the molecule is CCCOc1cncc(N2CCC(CC)CC2C(=O)O)n1. The minimum atomic E-state index is -0.796. The van der Waals surface area contributed by atoms with E-state index in [-0.39, 0.29) is 0 Å². The first kappa shape index (κ1) is 15.5. The summed E-state index contributed by atoms with van der Waals surface area (Å²) in [5.41, 5.74) is 0. The van der Waals surface area contributed by atoms with Gasteiger partial charge >= 0.3 is 5.97 Å². The number of aromatic nitrogens is 2. The van der Waals surface area contributed by atoms with Crippen LogP contribution in [-0.4, -0.2) is 40.2 Å².